The van der Waals surface area contributed by atoms with E-state index in [1.165, 1.54) is 15.9 Å². The van der Waals surface area contributed by atoms with Crippen molar-refractivity contribution in [2.75, 3.05) is 54.3 Å². The van der Waals surface area contributed by atoms with Crippen LogP contribution in [0.3, 0.4) is 0 Å². The summed E-state index contributed by atoms with van der Waals surface area (Å²) in [5.41, 5.74) is 0.383. The summed E-state index contributed by atoms with van der Waals surface area (Å²) in [5, 5.41) is 9.21. The molecule has 1 saturated heterocycles. The lowest BCUT2D eigenvalue weighted by molar-refractivity contribution is -0.115. The van der Waals surface area contributed by atoms with E-state index >= 15 is 0 Å². The van der Waals surface area contributed by atoms with Gasteiger partial charge in [-0.15, -0.1) is 0 Å². The molecule has 0 unspecified atom stereocenters. The number of hydrogen-bond donors (Lipinski definition) is 1. The highest BCUT2D eigenvalue weighted by Gasteiger charge is 2.38. The third-order valence-corrected chi connectivity index (χ3v) is 4.34. The molecule has 0 bridgehead atoms. The lowest BCUT2D eigenvalue weighted by Crippen LogP contribution is -2.35. The van der Waals surface area contributed by atoms with Crippen LogP contribution in [0.25, 0.3) is 0 Å². The van der Waals surface area contributed by atoms with Gasteiger partial charge in [0.1, 0.15) is 6.54 Å². The maximum atomic E-state index is 12.6. The van der Waals surface area contributed by atoms with Crippen LogP contribution in [0.5, 0.6) is 0 Å². The maximum absolute atomic E-state index is 12.6. The number of guanidine groups is 1. The summed E-state index contributed by atoms with van der Waals surface area (Å²) in [5.74, 6) is 0.648. The number of halogens is 2. The van der Waals surface area contributed by atoms with Crippen molar-refractivity contribution in [2.45, 2.75) is 0 Å². The van der Waals surface area contributed by atoms with Crippen molar-refractivity contribution in [1.29, 1.82) is 5.41 Å². The molecule has 1 N–H and O–H groups in total. The van der Waals surface area contributed by atoms with Crippen molar-refractivity contribution in [3.8, 4) is 0 Å². The Morgan fingerprint density at radius 2 is 1.63 bits per heavy atom. The summed E-state index contributed by atoms with van der Waals surface area (Å²) < 4.78 is 0. The Morgan fingerprint density at radius 3 is 2.15 bits per heavy atom. The van der Waals surface area contributed by atoms with E-state index in [0.29, 0.717) is 22.6 Å². The zero-order chi connectivity index (χ0) is 19.9. The van der Waals surface area contributed by atoms with Gasteiger partial charge in [-0.25, -0.2) is 4.90 Å². The number of rotatable bonds is 4. The Morgan fingerprint density at radius 1 is 1.04 bits per heavy atom. The number of carbonyl (C=O) groups excluding carboxylic acids is 1. The summed E-state index contributed by atoms with van der Waals surface area (Å²) in [7, 11) is 7.22. The molecule has 1 amide bonds. The summed E-state index contributed by atoms with van der Waals surface area (Å²) >= 11 is 12.1. The molecule has 0 aliphatic carbocycles. The van der Waals surface area contributed by atoms with Gasteiger partial charge in [-0.2, -0.15) is 15.0 Å². The smallest absolute Gasteiger partial charge is 0.254 e. The summed E-state index contributed by atoms with van der Waals surface area (Å²) in [6.07, 6.45) is 0. The predicted octanol–water partition coefficient (Wildman–Crippen LogP) is 2.10. The molecular weight excluding hydrogens is 391 g/mol. The third-order valence-electron chi connectivity index (χ3n) is 3.80. The van der Waals surface area contributed by atoms with Gasteiger partial charge in [-0.1, -0.05) is 23.2 Å². The van der Waals surface area contributed by atoms with E-state index in [9.17, 15) is 4.79 Å². The lowest BCUT2D eigenvalue weighted by Gasteiger charge is -2.22. The van der Waals surface area contributed by atoms with E-state index in [2.05, 4.69) is 15.0 Å². The first kappa shape index (κ1) is 19.1. The van der Waals surface area contributed by atoms with Gasteiger partial charge < -0.3 is 9.80 Å². The van der Waals surface area contributed by atoms with E-state index < -0.39 is 0 Å². The Bertz CT molecular complexity index is 891. The molecule has 27 heavy (non-hydrogen) atoms. The van der Waals surface area contributed by atoms with Gasteiger partial charge in [0, 0.05) is 33.2 Å². The van der Waals surface area contributed by atoms with Gasteiger partial charge >= 0.3 is 0 Å². The third kappa shape index (κ3) is 3.60. The normalized spacial score (nSPS) is 14.1. The topological polar surface area (TPSA) is 92.6 Å². The quantitative estimate of drug-likeness (QED) is 0.827. The van der Waals surface area contributed by atoms with E-state index in [-0.39, 0.29) is 29.4 Å². The molecule has 0 radical (unpaired) electrons. The molecule has 2 aromatic rings. The second-order valence-corrected chi connectivity index (χ2v) is 7.10. The van der Waals surface area contributed by atoms with Crippen LogP contribution >= 0.6 is 23.2 Å². The SMILES string of the molecule is CN(C)c1nc(N(C)C)nc(N2CC(=O)N(c3ccc(Cl)cc3Cl)C2=N)n1. The highest BCUT2D eigenvalue weighted by molar-refractivity contribution is 6.39. The number of anilines is 4. The summed E-state index contributed by atoms with van der Waals surface area (Å²) in [6.45, 7) is -0.0818. The molecule has 0 saturated carbocycles. The Balaban J connectivity index is 2.02. The number of nitrogens with one attached hydrogen (secondary N) is 1. The highest BCUT2D eigenvalue weighted by Crippen LogP contribution is 2.32. The van der Waals surface area contributed by atoms with E-state index in [0.717, 1.165) is 0 Å². The van der Waals surface area contributed by atoms with Gasteiger partial charge in [0.05, 0.1) is 10.7 Å². The Kier molecular flexibility index (Phi) is 5.07. The molecule has 9 nitrogen and oxygen atoms in total. The van der Waals surface area contributed by atoms with Crippen molar-refractivity contribution in [2.24, 2.45) is 0 Å². The maximum Gasteiger partial charge on any atom is 0.254 e. The van der Waals surface area contributed by atoms with Crippen LogP contribution in [0, 0.1) is 5.41 Å². The van der Waals surface area contributed by atoms with Gasteiger partial charge in [0.25, 0.3) is 5.91 Å². The van der Waals surface area contributed by atoms with Crippen molar-refractivity contribution in [3.05, 3.63) is 28.2 Å². The molecule has 1 fully saturated rings. The summed E-state index contributed by atoms with van der Waals surface area (Å²) in [6, 6.07) is 4.74. The standard InChI is InChI=1S/C16H18Cl2N8O/c1-23(2)14-20-15(24(3)4)22-16(21-14)25-8-12(27)26(13(25)19)11-6-5-9(17)7-10(11)18/h5-7,19H,8H2,1-4H3. The molecular formula is C16H18Cl2N8O. The van der Waals surface area contributed by atoms with E-state index in [1.807, 2.05) is 0 Å². The fourth-order valence-electron chi connectivity index (χ4n) is 2.46. The molecule has 1 aromatic carbocycles. The number of carbonyl (C=O) groups is 1. The van der Waals surface area contributed by atoms with Crippen LogP contribution in [0.1, 0.15) is 0 Å². The Hall–Kier alpha value is -2.65. The van der Waals surface area contributed by atoms with Crippen LogP contribution in [-0.2, 0) is 4.79 Å². The first-order chi connectivity index (χ1) is 12.7. The van der Waals surface area contributed by atoms with Crippen LogP contribution in [0.2, 0.25) is 10.0 Å². The average Bonchev–Trinajstić information content (AvgIpc) is 2.89. The highest BCUT2D eigenvalue weighted by atomic mass is 35.5. The minimum Gasteiger partial charge on any atom is -0.347 e. The number of nitrogens with zero attached hydrogens (tertiary/aromatic N) is 7. The molecule has 2 heterocycles. The largest absolute Gasteiger partial charge is 0.347 e. The van der Waals surface area contributed by atoms with Crippen LogP contribution < -0.4 is 19.6 Å². The molecule has 0 atom stereocenters. The Labute approximate surface area is 166 Å². The van der Waals surface area contributed by atoms with E-state index in [1.54, 1.807) is 50.1 Å². The number of benzene rings is 1. The molecule has 3 rings (SSSR count). The molecule has 11 heteroatoms. The van der Waals surface area contributed by atoms with E-state index in [4.69, 9.17) is 28.6 Å². The first-order valence-electron chi connectivity index (χ1n) is 7.94. The zero-order valence-electron chi connectivity index (χ0n) is 15.2. The second-order valence-electron chi connectivity index (χ2n) is 6.26. The number of aromatic nitrogens is 3. The van der Waals surface area contributed by atoms with Gasteiger partial charge in [-0.05, 0) is 18.2 Å². The first-order valence-corrected chi connectivity index (χ1v) is 8.69. The van der Waals surface area contributed by atoms with Crippen LogP contribution in [0.15, 0.2) is 18.2 Å². The number of amides is 1. The van der Waals surface area contributed by atoms with Gasteiger partial charge in [0.2, 0.25) is 23.8 Å². The zero-order valence-corrected chi connectivity index (χ0v) is 16.7. The van der Waals surface area contributed by atoms with Crippen molar-refractivity contribution in [3.63, 3.8) is 0 Å². The second kappa shape index (κ2) is 7.16. The minimum atomic E-state index is -0.317. The van der Waals surface area contributed by atoms with Gasteiger partial charge in [0.15, 0.2) is 0 Å². The minimum absolute atomic E-state index is 0.0818. The fourth-order valence-corrected chi connectivity index (χ4v) is 2.95. The monoisotopic (exact) mass is 408 g/mol. The number of hydrogen-bond acceptors (Lipinski definition) is 7. The van der Waals surface area contributed by atoms with Gasteiger partial charge in [-0.3, -0.25) is 15.1 Å². The predicted molar refractivity (Wildman–Crippen MR) is 108 cm³/mol. The van der Waals surface area contributed by atoms with Crippen LogP contribution in [0.4, 0.5) is 23.5 Å². The molecule has 1 aliphatic rings. The average molecular weight is 409 g/mol. The van der Waals surface area contributed by atoms with Crippen molar-refractivity contribution in [1.82, 2.24) is 15.0 Å². The lowest BCUT2D eigenvalue weighted by atomic mass is 10.3. The van der Waals surface area contributed by atoms with Crippen LogP contribution in [-0.4, -0.2) is 61.6 Å². The molecule has 1 aromatic heterocycles. The molecule has 0 spiro atoms. The summed E-state index contributed by atoms with van der Waals surface area (Å²) in [4.78, 5) is 31.8. The fraction of sp³-hybridized carbons (Fsp3) is 0.312. The van der Waals surface area contributed by atoms with Crippen molar-refractivity contribution < 1.29 is 4.79 Å². The van der Waals surface area contributed by atoms with Crippen molar-refractivity contribution >= 4 is 58.6 Å². The molecule has 1 aliphatic heterocycles. The molecule has 142 valence electrons.